The van der Waals surface area contributed by atoms with Gasteiger partial charge in [-0.2, -0.15) is 0 Å². The molecule has 82 heavy (non-hydrogen) atoms. The largest absolute Gasteiger partial charge is 0.377 e. The zero-order valence-electron chi connectivity index (χ0n) is 46.0. The normalized spacial score (nSPS) is 16.5. The van der Waals surface area contributed by atoms with Gasteiger partial charge in [0, 0.05) is 79.1 Å². The Bertz CT molecular complexity index is 4300. The second-order valence-corrected chi connectivity index (χ2v) is 22.5. The minimum atomic E-state index is -0.619. The first-order valence-corrected chi connectivity index (χ1v) is 28.4. The van der Waals surface area contributed by atoms with Crippen LogP contribution in [0, 0.1) is 0 Å². The number of ether oxygens (including phenoxy) is 3. The van der Waals surface area contributed by atoms with Crippen LogP contribution in [0.25, 0.3) is 86.2 Å². The Hall–Kier alpha value is -8.76. The Morgan fingerprint density at radius 3 is 0.878 bits per heavy atom. The molecule has 4 aliphatic rings. The molecule has 10 aromatic rings. The summed E-state index contributed by atoms with van der Waals surface area (Å²) in [4.78, 5) is 118. The summed E-state index contributed by atoms with van der Waals surface area (Å²) in [5.74, 6) is -2.89. The van der Waals surface area contributed by atoms with Gasteiger partial charge in [-0.05, 0) is 147 Å². The maximum absolute atomic E-state index is 14.4. The standard InChI is InChI=1S/C67H56N4O11/c1-6-8-26-68-60(72)44-18-10-36-40-14-22-48-58-49(23-15-41(54(40)58)37-11-19-45(61(68)73)56(44)52(36)37)65(77)70(64(48)76)33(3)30-80-28-29-82-35(5)32-81-31-34(4)71-66(78)50-24-16-42-38-12-20-46-57-47(63(75)69(62(46)74)27-9-7-2)21-13-39(53(38)57)43-17-25-51(67(71)79)59(50)55(42)43/h10-25,33-35H,6-9,26-32H2,1-5H3. The summed E-state index contributed by atoms with van der Waals surface area (Å²) in [5.41, 5.74) is 3.58. The van der Waals surface area contributed by atoms with Crippen LogP contribution in [0.4, 0.5) is 0 Å². The molecule has 0 saturated heterocycles. The van der Waals surface area contributed by atoms with Gasteiger partial charge in [-0.3, -0.25) is 58.0 Å². The molecule has 8 amide bonds. The van der Waals surface area contributed by atoms with Gasteiger partial charge in [0.2, 0.25) is 0 Å². The molecule has 3 unspecified atom stereocenters. The van der Waals surface area contributed by atoms with Gasteiger partial charge in [0.1, 0.15) is 0 Å². The van der Waals surface area contributed by atoms with Crippen molar-refractivity contribution in [3.05, 3.63) is 142 Å². The van der Waals surface area contributed by atoms with Crippen LogP contribution in [-0.4, -0.2) is 131 Å². The lowest BCUT2D eigenvalue weighted by Crippen LogP contribution is -2.48. The van der Waals surface area contributed by atoms with Crippen molar-refractivity contribution in [2.75, 3.05) is 46.1 Å². The van der Waals surface area contributed by atoms with E-state index in [9.17, 15) is 38.4 Å². The second kappa shape index (κ2) is 19.2. The van der Waals surface area contributed by atoms with E-state index in [4.69, 9.17) is 14.2 Å². The predicted molar refractivity (Wildman–Crippen MR) is 313 cm³/mol. The lowest BCUT2D eigenvalue weighted by Gasteiger charge is -2.33. The van der Waals surface area contributed by atoms with Crippen molar-refractivity contribution in [1.29, 1.82) is 0 Å². The van der Waals surface area contributed by atoms with Crippen molar-refractivity contribution < 1.29 is 52.6 Å². The van der Waals surface area contributed by atoms with E-state index in [1.807, 2.05) is 69.3 Å². The number of carbonyl (C=O) groups is 8. The summed E-state index contributed by atoms with van der Waals surface area (Å²) in [7, 11) is 0. The number of unbranched alkanes of at least 4 members (excludes halogenated alkanes) is 2. The summed E-state index contributed by atoms with van der Waals surface area (Å²) in [6, 6.07) is 28.2. The molecule has 0 aromatic heterocycles. The van der Waals surface area contributed by atoms with Crippen molar-refractivity contribution in [1.82, 2.24) is 19.6 Å². The summed E-state index contributed by atoms with van der Waals surface area (Å²) >= 11 is 0. The Labute approximate surface area is 469 Å². The van der Waals surface area contributed by atoms with Crippen LogP contribution in [0.5, 0.6) is 0 Å². The second-order valence-electron chi connectivity index (χ2n) is 22.5. The summed E-state index contributed by atoms with van der Waals surface area (Å²) in [6.45, 7) is 10.8. The summed E-state index contributed by atoms with van der Waals surface area (Å²) < 4.78 is 18.1. The highest BCUT2D eigenvalue weighted by Gasteiger charge is 2.41. The van der Waals surface area contributed by atoms with Gasteiger partial charge in [-0.15, -0.1) is 0 Å². The van der Waals surface area contributed by atoms with Crippen LogP contribution < -0.4 is 0 Å². The molecular weight excluding hydrogens is 1040 g/mol. The van der Waals surface area contributed by atoms with Gasteiger partial charge in [0.15, 0.2) is 0 Å². The molecular formula is C67H56N4O11. The number of nitrogens with zero attached hydrogens (tertiary/aromatic N) is 4. The van der Waals surface area contributed by atoms with Crippen molar-refractivity contribution in [3.8, 4) is 0 Å². The predicted octanol–water partition coefficient (Wildman–Crippen LogP) is 11.7. The lowest BCUT2D eigenvalue weighted by molar-refractivity contribution is -0.0397. The topological polar surface area (TPSA) is 177 Å². The first-order valence-electron chi connectivity index (χ1n) is 28.4. The Morgan fingerprint density at radius 2 is 0.598 bits per heavy atom. The van der Waals surface area contributed by atoms with Gasteiger partial charge >= 0.3 is 0 Å². The zero-order chi connectivity index (χ0) is 56.7. The third kappa shape index (κ3) is 7.18. The van der Waals surface area contributed by atoms with Gasteiger partial charge in [-0.25, -0.2) is 0 Å². The first kappa shape index (κ1) is 51.4. The minimum absolute atomic E-state index is 0.0617. The fraction of sp³-hybridized carbons (Fsp3) is 0.284. The smallest absolute Gasteiger partial charge is 0.261 e. The molecule has 14 rings (SSSR count). The molecule has 4 heterocycles. The molecule has 0 N–H and O–H groups in total. The quantitative estimate of drug-likeness (QED) is 0.0346. The van der Waals surface area contributed by atoms with E-state index in [0.29, 0.717) is 92.0 Å². The highest BCUT2D eigenvalue weighted by molar-refractivity contribution is 6.43. The van der Waals surface area contributed by atoms with Gasteiger partial charge in [-0.1, -0.05) is 75.2 Å². The van der Waals surface area contributed by atoms with Crippen LogP contribution >= 0.6 is 0 Å². The van der Waals surface area contributed by atoms with Crippen LogP contribution in [0.2, 0.25) is 0 Å². The summed E-state index contributed by atoms with van der Waals surface area (Å²) in [6.07, 6.45) is 2.75. The van der Waals surface area contributed by atoms with Gasteiger partial charge in [0.25, 0.3) is 47.3 Å². The molecule has 410 valence electrons. The third-order valence-corrected chi connectivity index (χ3v) is 17.6. The number of fused-ring (bicyclic) bond motifs is 4. The Balaban J connectivity index is 0.612. The average Bonchev–Trinajstić information content (AvgIpc) is 0.874. The number of benzene rings is 10. The highest BCUT2D eigenvalue weighted by atomic mass is 16.6. The fourth-order valence-electron chi connectivity index (χ4n) is 13.7. The van der Waals surface area contributed by atoms with Crippen molar-refractivity contribution >= 4 is 133 Å². The molecule has 0 aliphatic carbocycles. The Kier molecular flexibility index (Phi) is 12.0. The van der Waals surface area contributed by atoms with Crippen molar-refractivity contribution in [2.45, 2.75) is 78.5 Å². The maximum atomic E-state index is 14.4. The van der Waals surface area contributed by atoms with Crippen LogP contribution in [0.15, 0.2) is 97.1 Å². The van der Waals surface area contributed by atoms with E-state index in [2.05, 4.69) is 0 Å². The fourth-order valence-corrected chi connectivity index (χ4v) is 13.7. The molecule has 0 saturated carbocycles. The van der Waals surface area contributed by atoms with Crippen LogP contribution in [0.1, 0.15) is 143 Å². The van der Waals surface area contributed by atoms with E-state index in [0.717, 1.165) is 77.5 Å². The third-order valence-electron chi connectivity index (χ3n) is 17.6. The lowest BCUT2D eigenvalue weighted by atomic mass is 9.82. The number of hydrogen-bond acceptors (Lipinski definition) is 11. The number of imide groups is 4. The van der Waals surface area contributed by atoms with Gasteiger partial charge in [0.05, 0.1) is 51.2 Å². The van der Waals surface area contributed by atoms with Crippen molar-refractivity contribution in [3.63, 3.8) is 0 Å². The SMILES string of the molecule is CCCCN1C(=O)c2ccc3c4ccc5c6c(ccc(c7ccc(c2c37)C1=O)c64)C(=O)N(C(C)COCCOC(C)COCC(C)N1C(=O)c2ccc3c4ccc6c7c(ccc(c8ccc(c2c38)C1=O)c74)C(=O)N(CCCC)C6=O)C5=O. The number of hydrogen-bond donors (Lipinski definition) is 0. The number of rotatable bonds is 18. The first-order chi connectivity index (χ1) is 39.7. The Morgan fingerprint density at radius 1 is 0.329 bits per heavy atom. The maximum Gasteiger partial charge on any atom is 0.261 e. The summed E-state index contributed by atoms with van der Waals surface area (Å²) in [5, 5.41) is 12.3. The number of carbonyl (C=O) groups excluding carboxylic acids is 8. The number of amides is 8. The van der Waals surface area contributed by atoms with Crippen LogP contribution in [-0.2, 0) is 14.2 Å². The van der Waals surface area contributed by atoms with Crippen LogP contribution in [0.3, 0.4) is 0 Å². The molecule has 0 bridgehead atoms. The van der Waals surface area contributed by atoms with E-state index < -0.39 is 35.7 Å². The monoisotopic (exact) mass is 1090 g/mol. The van der Waals surface area contributed by atoms with E-state index in [1.165, 1.54) is 19.6 Å². The molecule has 0 spiro atoms. The molecule has 15 heteroatoms. The highest BCUT2D eigenvalue weighted by Crippen LogP contribution is 2.49. The van der Waals surface area contributed by atoms with Crippen molar-refractivity contribution in [2.24, 2.45) is 0 Å². The molecule has 4 aliphatic heterocycles. The molecule has 10 aromatic carbocycles. The van der Waals surface area contributed by atoms with E-state index in [-0.39, 0.29) is 62.8 Å². The molecule has 3 atom stereocenters. The van der Waals surface area contributed by atoms with E-state index in [1.54, 1.807) is 62.4 Å². The average molecular weight is 1090 g/mol. The zero-order valence-corrected chi connectivity index (χ0v) is 46.0. The minimum Gasteiger partial charge on any atom is -0.377 e. The molecule has 0 fully saturated rings. The molecule has 15 nitrogen and oxygen atoms in total. The van der Waals surface area contributed by atoms with Gasteiger partial charge < -0.3 is 14.2 Å². The van der Waals surface area contributed by atoms with E-state index >= 15 is 0 Å². The molecule has 0 radical (unpaired) electrons.